The lowest BCUT2D eigenvalue weighted by Gasteiger charge is -2.58. The van der Waals surface area contributed by atoms with Gasteiger partial charge in [-0.05, 0) is 38.0 Å². The zero-order chi connectivity index (χ0) is 18.0. The molecule has 4 unspecified atom stereocenters. The molecule has 1 saturated heterocycles. The highest BCUT2D eigenvalue weighted by Gasteiger charge is 2.62. The Labute approximate surface area is 149 Å². The smallest absolute Gasteiger partial charge is 0.302 e. The Morgan fingerprint density at radius 3 is 2.76 bits per heavy atom. The Bertz CT molecular complexity index is 601. The molecule has 3 aliphatic carbocycles. The molecule has 8 atom stereocenters. The third-order valence-electron chi connectivity index (χ3n) is 7.60. The normalized spacial score (nSPS) is 51.8. The Balaban J connectivity index is 1.67. The number of aliphatic hydroxyl groups excluding tert-OH is 2. The first-order valence-corrected chi connectivity index (χ1v) is 9.62. The molecule has 140 valence electrons. The van der Waals surface area contributed by atoms with Gasteiger partial charge in [-0.3, -0.25) is 4.79 Å². The van der Waals surface area contributed by atoms with Gasteiger partial charge in [0.15, 0.2) is 0 Å². The maximum atomic E-state index is 11.5. The van der Waals surface area contributed by atoms with Crippen LogP contribution in [0.2, 0.25) is 0 Å². The first kappa shape index (κ1) is 17.5. The number of carbonyl (C=O) groups is 1. The van der Waals surface area contributed by atoms with Crippen LogP contribution in [0.3, 0.4) is 0 Å². The molecule has 0 radical (unpaired) electrons. The van der Waals surface area contributed by atoms with Crippen molar-refractivity contribution in [1.29, 1.82) is 0 Å². The molecule has 25 heavy (non-hydrogen) atoms. The van der Waals surface area contributed by atoms with Gasteiger partial charge in [-0.25, -0.2) is 0 Å². The van der Waals surface area contributed by atoms with Crippen LogP contribution >= 0.6 is 0 Å². The number of hydrogen-bond donors (Lipinski definition) is 2. The average molecular weight is 350 g/mol. The molecule has 1 aliphatic heterocycles. The fourth-order valence-electron chi connectivity index (χ4n) is 6.19. The summed E-state index contributed by atoms with van der Waals surface area (Å²) < 4.78 is 12.0. The molecule has 0 bridgehead atoms. The summed E-state index contributed by atoms with van der Waals surface area (Å²) in [4.78, 5) is 11.5. The number of rotatable bonds is 1. The maximum absolute atomic E-state index is 11.5. The lowest BCUT2D eigenvalue weighted by molar-refractivity contribution is -0.212. The molecule has 0 aromatic carbocycles. The molecule has 0 aromatic heterocycles. The first-order chi connectivity index (χ1) is 11.8. The van der Waals surface area contributed by atoms with Gasteiger partial charge >= 0.3 is 5.97 Å². The van der Waals surface area contributed by atoms with Crippen molar-refractivity contribution in [3.05, 3.63) is 11.6 Å². The van der Waals surface area contributed by atoms with Gasteiger partial charge in [0.1, 0.15) is 6.10 Å². The molecule has 3 fully saturated rings. The van der Waals surface area contributed by atoms with Crippen LogP contribution in [0.4, 0.5) is 0 Å². The third-order valence-corrected chi connectivity index (χ3v) is 7.60. The van der Waals surface area contributed by atoms with Gasteiger partial charge in [-0.15, -0.1) is 0 Å². The third kappa shape index (κ3) is 2.50. The summed E-state index contributed by atoms with van der Waals surface area (Å²) in [5.41, 5.74) is 0.811. The lowest BCUT2D eigenvalue weighted by Crippen LogP contribution is -2.61. The van der Waals surface area contributed by atoms with E-state index < -0.39 is 6.10 Å². The van der Waals surface area contributed by atoms with Gasteiger partial charge in [0.25, 0.3) is 0 Å². The fourth-order valence-corrected chi connectivity index (χ4v) is 6.19. The van der Waals surface area contributed by atoms with Gasteiger partial charge < -0.3 is 19.7 Å². The summed E-state index contributed by atoms with van der Waals surface area (Å²) in [6.07, 6.45) is 5.08. The van der Waals surface area contributed by atoms with E-state index in [1.165, 1.54) is 6.92 Å². The monoisotopic (exact) mass is 350 g/mol. The quantitative estimate of drug-likeness (QED) is 0.560. The van der Waals surface area contributed by atoms with Crippen LogP contribution in [0, 0.1) is 22.7 Å². The number of esters is 1. The lowest BCUT2D eigenvalue weighted by atomic mass is 9.54. The zero-order valence-electron chi connectivity index (χ0n) is 15.4. The van der Waals surface area contributed by atoms with Crippen LogP contribution < -0.4 is 0 Å². The van der Waals surface area contributed by atoms with Crippen molar-refractivity contribution in [2.45, 2.75) is 77.3 Å². The summed E-state index contributed by atoms with van der Waals surface area (Å²) in [7, 11) is 0. The molecule has 2 saturated carbocycles. The second kappa shape index (κ2) is 5.80. The van der Waals surface area contributed by atoms with Crippen LogP contribution in [-0.4, -0.2) is 47.2 Å². The van der Waals surface area contributed by atoms with E-state index in [2.05, 4.69) is 13.8 Å². The summed E-state index contributed by atoms with van der Waals surface area (Å²) >= 11 is 0. The highest BCUT2D eigenvalue weighted by atomic mass is 16.5. The molecule has 1 heterocycles. The van der Waals surface area contributed by atoms with Crippen molar-refractivity contribution in [2.75, 3.05) is 6.61 Å². The minimum atomic E-state index is -0.556. The molecule has 4 rings (SSSR count). The first-order valence-electron chi connectivity index (χ1n) is 9.62. The van der Waals surface area contributed by atoms with E-state index >= 15 is 0 Å². The average Bonchev–Trinajstić information content (AvgIpc) is 2.85. The SMILES string of the molecule is CC(=O)O[C@H]1CCC2C3C(O)C=C4C[C@@H](O)CC[C@]4(C)C3OC[C@@]21C. The zero-order valence-corrected chi connectivity index (χ0v) is 15.4. The van der Waals surface area contributed by atoms with E-state index in [1.54, 1.807) is 0 Å². The van der Waals surface area contributed by atoms with Crippen LogP contribution in [0.5, 0.6) is 0 Å². The predicted octanol–water partition coefficient (Wildman–Crippen LogP) is 2.20. The molecule has 0 aromatic rings. The van der Waals surface area contributed by atoms with E-state index in [-0.39, 0.29) is 46.9 Å². The standard InChI is InChI=1S/C20H30O5/c1-11(21)25-16-5-4-14-17-15(23)9-12-8-13(22)6-7-19(12,2)18(17)24-10-20(14,16)3/h9,13-18,22-23H,4-8,10H2,1-3H3/t13-,14?,15?,16-,17?,18?,19-,20-/m0/s1. The Morgan fingerprint density at radius 1 is 1.28 bits per heavy atom. The summed E-state index contributed by atoms with van der Waals surface area (Å²) in [6.45, 7) is 6.40. The van der Waals surface area contributed by atoms with Crippen LogP contribution in [-0.2, 0) is 14.3 Å². The van der Waals surface area contributed by atoms with Crippen LogP contribution in [0.1, 0.15) is 52.9 Å². The number of ether oxygens (including phenoxy) is 2. The molecular formula is C20H30O5. The minimum absolute atomic E-state index is 0.0239. The van der Waals surface area contributed by atoms with E-state index in [1.807, 2.05) is 6.08 Å². The van der Waals surface area contributed by atoms with Crippen molar-refractivity contribution >= 4 is 5.97 Å². The van der Waals surface area contributed by atoms with Crippen molar-refractivity contribution in [3.8, 4) is 0 Å². The highest BCUT2D eigenvalue weighted by molar-refractivity contribution is 5.66. The minimum Gasteiger partial charge on any atom is -0.462 e. The number of carbonyl (C=O) groups excluding carboxylic acids is 1. The Kier molecular flexibility index (Phi) is 4.06. The highest BCUT2D eigenvalue weighted by Crippen LogP contribution is 2.60. The Hall–Kier alpha value is -0.910. The summed E-state index contributed by atoms with van der Waals surface area (Å²) in [5, 5.41) is 21.0. The predicted molar refractivity (Wildman–Crippen MR) is 91.7 cm³/mol. The summed E-state index contributed by atoms with van der Waals surface area (Å²) in [5.74, 6) is 0.0731. The van der Waals surface area contributed by atoms with Gasteiger partial charge in [-0.1, -0.05) is 25.5 Å². The molecule has 0 amide bonds. The van der Waals surface area contributed by atoms with Crippen molar-refractivity contribution in [3.63, 3.8) is 0 Å². The molecule has 4 aliphatic rings. The Morgan fingerprint density at radius 2 is 2.04 bits per heavy atom. The number of aliphatic hydroxyl groups is 2. The molecule has 5 nitrogen and oxygen atoms in total. The van der Waals surface area contributed by atoms with Gasteiger partial charge in [0, 0.05) is 23.7 Å². The van der Waals surface area contributed by atoms with Gasteiger partial charge in [0.05, 0.1) is 24.9 Å². The van der Waals surface area contributed by atoms with Gasteiger partial charge in [-0.2, -0.15) is 0 Å². The molecule has 2 N–H and O–H groups in total. The largest absolute Gasteiger partial charge is 0.462 e. The van der Waals surface area contributed by atoms with Crippen LogP contribution in [0.15, 0.2) is 11.6 Å². The summed E-state index contributed by atoms with van der Waals surface area (Å²) in [6, 6.07) is 0. The maximum Gasteiger partial charge on any atom is 0.302 e. The second-order valence-electron chi connectivity index (χ2n) is 9.09. The van der Waals surface area contributed by atoms with Crippen molar-refractivity contribution < 1.29 is 24.5 Å². The molecular weight excluding hydrogens is 320 g/mol. The van der Waals surface area contributed by atoms with Crippen molar-refractivity contribution in [1.82, 2.24) is 0 Å². The molecule has 0 spiro atoms. The number of fused-ring (bicyclic) bond motifs is 5. The van der Waals surface area contributed by atoms with E-state index in [9.17, 15) is 15.0 Å². The van der Waals surface area contributed by atoms with E-state index in [0.717, 1.165) is 31.3 Å². The van der Waals surface area contributed by atoms with E-state index in [4.69, 9.17) is 9.47 Å². The van der Waals surface area contributed by atoms with E-state index in [0.29, 0.717) is 13.0 Å². The second-order valence-corrected chi connectivity index (χ2v) is 9.09. The molecule has 5 heteroatoms. The van der Waals surface area contributed by atoms with Gasteiger partial charge in [0.2, 0.25) is 0 Å². The topological polar surface area (TPSA) is 76.0 Å². The fraction of sp³-hybridized carbons (Fsp3) is 0.850. The van der Waals surface area contributed by atoms with Crippen molar-refractivity contribution in [2.24, 2.45) is 22.7 Å². The van der Waals surface area contributed by atoms with Crippen LogP contribution in [0.25, 0.3) is 0 Å². The number of hydrogen-bond acceptors (Lipinski definition) is 5.